The SMILES string of the molecule is CC(C)N(C)S(=O)(=O)c1ccc(C(=O)Nc2ccc(Cl)cc2Cl)cc1. The second-order valence-electron chi connectivity index (χ2n) is 5.72. The summed E-state index contributed by atoms with van der Waals surface area (Å²) in [5, 5.41) is 3.45. The number of carbonyl (C=O) groups is 1. The molecule has 1 N–H and O–H groups in total. The van der Waals surface area contributed by atoms with Crippen LogP contribution < -0.4 is 5.32 Å². The maximum absolute atomic E-state index is 12.4. The number of amides is 1. The lowest BCUT2D eigenvalue weighted by molar-refractivity contribution is 0.102. The van der Waals surface area contributed by atoms with Crippen LogP contribution in [-0.2, 0) is 10.0 Å². The zero-order valence-corrected chi connectivity index (χ0v) is 16.3. The van der Waals surface area contributed by atoms with Gasteiger partial charge in [0.2, 0.25) is 10.0 Å². The first-order valence-electron chi connectivity index (χ1n) is 7.47. The van der Waals surface area contributed by atoms with Gasteiger partial charge in [0.25, 0.3) is 5.91 Å². The van der Waals surface area contributed by atoms with Crippen LogP contribution in [0.4, 0.5) is 5.69 Å². The first kappa shape index (κ1) is 19.7. The topological polar surface area (TPSA) is 66.5 Å². The number of benzene rings is 2. The van der Waals surface area contributed by atoms with E-state index in [1.165, 1.54) is 41.7 Å². The molecule has 8 heteroatoms. The quantitative estimate of drug-likeness (QED) is 0.814. The van der Waals surface area contributed by atoms with Gasteiger partial charge in [0, 0.05) is 23.7 Å². The van der Waals surface area contributed by atoms with Gasteiger partial charge in [-0.3, -0.25) is 4.79 Å². The van der Waals surface area contributed by atoms with E-state index < -0.39 is 15.9 Å². The number of hydrogen-bond donors (Lipinski definition) is 1. The molecule has 0 radical (unpaired) electrons. The van der Waals surface area contributed by atoms with Gasteiger partial charge in [-0.05, 0) is 56.3 Å². The summed E-state index contributed by atoms with van der Waals surface area (Å²) < 4.78 is 26.1. The molecular weight excluding hydrogens is 383 g/mol. The molecule has 0 saturated heterocycles. The fraction of sp³-hybridized carbons (Fsp3) is 0.235. The first-order valence-corrected chi connectivity index (χ1v) is 9.67. The van der Waals surface area contributed by atoms with Crippen LogP contribution in [0.2, 0.25) is 10.0 Å². The van der Waals surface area contributed by atoms with E-state index in [2.05, 4.69) is 5.32 Å². The summed E-state index contributed by atoms with van der Waals surface area (Å²) in [6, 6.07) is 10.3. The van der Waals surface area contributed by atoms with Gasteiger partial charge in [0.15, 0.2) is 0 Å². The highest BCUT2D eigenvalue weighted by molar-refractivity contribution is 7.89. The Morgan fingerprint density at radius 2 is 1.68 bits per heavy atom. The molecule has 0 heterocycles. The van der Waals surface area contributed by atoms with Crippen LogP contribution in [0.15, 0.2) is 47.4 Å². The van der Waals surface area contributed by atoms with Crippen LogP contribution in [0.1, 0.15) is 24.2 Å². The minimum absolute atomic E-state index is 0.129. The van der Waals surface area contributed by atoms with Crippen LogP contribution >= 0.6 is 23.2 Å². The Morgan fingerprint density at radius 1 is 1.08 bits per heavy atom. The van der Waals surface area contributed by atoms with Crippen LogP contribution in [-0.4, -0.2) is 31.7 Å². The number of carbonyl (C=O) groups excluding carboxylic acids is 1. The van der Waals surface area contributed by atoms with Crippen molar-refractivity contribution in [3.05, 3.63) is 58.1 Å². The number of nitrogens with zero attached hydrogens (tertiary/aromatic N) is 1. The molecule has 0 spiro atoms. The molecule has 0 fully saturated rings. The van der Waals surface area contributed by atoms with E-state index in [1.54, 1.807) is 26.0 Å². The van der Waals surface area contributed by atoms with Gasteiger partial charge in [-0.2, -0.15) is 4.31 Å². The number of hydrogen-bond acceptors (Lipinski definition) is 3. The predicted molar refractivity (Wildman–Crippen MR) is 101 cm³/mol. The highest BCUT2D eigenvalue weighted by atomic mass is 35.5. The normalized spacial score (nSPS) is 11.8. The molecule has 1 amide bonds. The monoisotopic (exact) mass is 400 g/mol. The van der Waals surface area contributed by atoms with Gasteiger partial charge in [0.1, 0.15) is 0 Å². The number of anilines is 1. The van der Waals surface area contributed by atoms with Crippen molar-refractivity contribution in [3.63, 3.8) is 0 Å². The van der Waals surface area contributed by atoms with E-state index in [9.17, 15) is 13.2 Å². The fourth-order valence-corrected chi connectivity index (χ4v) is 3.83. The second-order valence-corrected chi connectivity index (χ2v) is 8.56. The van der Waals surface area contributed by atoms with Crippen LogP contribution in [0.25, 0.3) is 0 Å². The molecule has 134 valence electrons. The van der Waals surface area contributed by atoms with Crippen molar-refractivity contribution < 1.29 is 13.2 Å². The number of sulfonamides is 1. The molecule has 0 aromatic heterocycles. The molecule has 2 rings (SSSR count). The standard InChI is InChI=1S/C17H18Cl2N2O3S/c1-11(2)21(3)25(23,24)14-7-4-12(5-8-14)17(22)20-16-9-6-13(18)10-15(16)19/h4-11H,1-3H3,(H,20,22). The van der Waals surface area contributed by atoms with Gasteiger partial charge in [-0.15, -0.1) is 0 Å². The summed E-state index contributed by atoms with van der Waals surface area (Å²) in [6.45, 7) is 3.57. The molecule has 0 bridgehead atoms. The molecule has 0 unspecified atom stereocenters. The molecule has 2 aromatic rings. The highest BCUT2D eigenvalue weighted by Gasteiger charge is 2.23. The summed E-state index contributed by atoms with van der Waals surface area (Å²) in [5.41, 5.74) is 0.740. The van der Waals surface area contributed by atoms with E-state index in [1.807, 2.05) is 0 Å². The second kappa shape index (κ2) is 7.74. The summed E-state index contributed by atoms with van der Waals surface area (Å²) >= 11 is 11.8. The van der Waals surface area contributed by atoms with Gasteiger partial charge < -0.3 is 5.32 Å². The van der Waals surface area contributed by atoms with Gasteiger partial charge in [0.05, 0.1) is 15.6 Å². The van der Waals surface area contributed by atoms with E-state index in [-0.39, 0.29) is 10.9 Å². The molecule has 0 aliphatic carbocycles. The van der Waals surface area contributed by atoms with Crippen molar-refractivity contribution >= 4 is 44.8 Å². The summed E-state index contributed by atoms with van der Waals surface area (Å²) in [4.78, 5) is 12.4. The Balaban J connectivity index is 2.21. The minimum atomic E-state index is -3.59. The zero-order valence-electron chi connectivity index (χ0n) is 14.0. The van der Waals surface area contributed by atoms with E-state index >= 15 is 0 Å². The van der Waals surface area contributed by atoms with Crippen LogP contribution in [0.5, 0.6) is 0 Å². The highest BCUT2D eigenvalue weighted by Crippen LogP contribution is 2.26. The molecule has 5 nitrogen and oxygen atoms in total. The average molecular weight is 401 g/mol. The summed E-state index contributed by atoms with van der Waals surface area (Å²) in [6.07, 6.45) is 0. The Hall–Kier alpha value is -1.60. The molecular formula is C17H18Cl2N2O3S. The molecule has 0 aliphatic heterocycles. The van der Waals surface area contributed by atoms with Crippen molar-refractivity contribution in [2.45, 2.75) is 24.8 Å². The Morgan fingerprint density at radius 3 is 2.20 bits per heavy atom. The number of nitrogens with one attached hydrogen (secondary N) is 1. The van der Waals surface area contributed by atoms with Gasteiger partial charge >= 0.3 is 0 Å². The molecule has 0 aliphatic rings. The Bertz CT molecular complexity index is 881. The molecule has 25 heavy (non-hydrogen) atoms. The molecule has 2 aromatic carbocycles. The first-order chi connectivity index (χ1) is 11.6. The van der Waals surface area contributed by atoms with E-state index in [0.717, 1.165) is 0 Å². The van der Waals surface area contributed by atoms with Gasteiger partial charge in [-0.1, -0.05) is 23.2 Å². The summed E-state index contributed by atoms with van der Waals surface area (Å²) in [5.74, 6) is -0.398. The number of halogens is 2. The smallest absolute Gasteiger partial charge is 0.255 e. The van der Waals surface area contributed by atoms with E-state index in [0.29, 0.717) is 21.3 Å². The largest absolute Gasteiger partial charge is 0.321 e. The minimum Gasteiger partial charge on any atom is -0.321 e. The fourth-order valence-electron chi connectivity index (χ4n) is 2.01. The third kappa shape index (κ3) is 4.52. The Kier molecular flexibility index (Phi) is 6.11. The lowest BCUT2D eigenvalue weighted by Gasteiger charge is -2.21. The van der Waals surface area contributed by atoms with Crippen LogP contribution in [0, 0.1) is 0 Å². The molecule has 0 saturated carbocycles. The van der Waals surface area contributed by atoms with Crippen molar-refractivity contribution in [3.8, 4) is 0 Å². The molecule has 0 atom stereocenters. The van der Waals surface area contributed by atoms with Crippen molar-refractivity contribution in [1.82, 2.24) is 4.31 Å². The van der Waals surface area contributed by atoms with Gasteiger partial charge in [-0.25, -0.2) is 8.42 Å². The summed E-state index contributed by atoms with van der Waals surface area (Å²) in [7, 11) is -2.07. The lowest BCUT2D eigenvalue weighted by atomic mass is 10.2. The number of rotatable bonds is 5. The third-order valence-electron chi connectivity index (χ3n) is 3.70. The van der Waals surface area contributed by atoms with Crippen molar-refractivity contribution in [1.29, 1.82) is 0 Å². The predicted octanol–water partition coefficient (Wildman–Crippen LogP) is 4.27. The lowest BCUT2D eigenvalue weighted by Crippen LogP contribution is -2.33. The average Bonchev–Trinajstić information content (AvgIpc) is 2.56. The van der Waals surface area contributed by atoms with Crippen LogP contribution in [0.3, 0.4) is 0 Å². The van der Waals surface area contributed by atoms with Crippen molar-refractivity contribution in [2.24, 2.45) is 0 Å². The maximum atomic E-state index is 12.4. The Labute approximate surface area is 157 Å². The van der Waals surface area contributed by atoms with E-state index in [4.69, 9.17) is 23.2 Å². The third-order valence-corrected chi connectivity index (χ3v) is 6.30. The maximum Gasteiger partial charge on any atom is 0.255 e. The van der Waals surface area contributed by atoms with Crippen molar-refractivity contribution in [2.75, 3.05) is 12.4 Å². The zero-order chi connectivity index (χ0) is 18.8.